The first-order valence-electron chi connectivity index (χ1n) is 4.55. The Balaban J connectivity index is 1.99. The molecule has 64 valence electrons. The van der Waals surface area contributed by atoms with E-state index < -0.39 is 0 Å². The van der Waals surface area contributed by atoms with Crippen LogP contribution >= 0.6 is 0 Å². The van der Waals surface area contributed by atoms with E-state index in [2.05, 4.69) is 22.2 Å². The Hall–Kier alpha value is -0.120. The second kappa shape index (κ2) is 3.09. The molecule has 2 aliphatic heterocycles. The molecule has 1 atom stereocenters. The Morgan fingerprint density at radius 2 is 2.00 bits per heavy atom. The Morgan fingerprint density at radius 3 is 2.82 bits per heavy atom. The molecular weight excluding hydrogens is 138 g/mol. The second-order valence-electron chi connectivity index (χ2n) is 3.55. The van der Waals surface area contributed by atoms with E-state index in [0.29, 0.717) is 6.29 Å². The second-order valence-corrected chi connectivity index (χ2v) is 3.55. The average molecular weight is 155 g/mol. The van der Waals surface area contributed by atoms with Gasteiger partial charge in [-0.25, -0.2) is 0 Å². The van der Waals surface area contributed by atoms with Gasteiger partial charge in [-0.3, -0.25) is 15.1 Å². The first-order chi connectivity index (χ1) is 5.38. The predicted octanol–water partition coefficient (Wildman–Crippen LogP) is -0.0992. The number of nitrogens with zero attached hydrogens (tertiary/aromatic N) is 2. The van der Waals surface area contributed by atoms with Crippen molar-refractivity contribution in [3.05, 3.63) is 0 Å². The van der Waals surface area contributed by atoms with Gasteiger partial charge in [0.15, 0.2) is 0 Å². The van der Waals surface area contributed by atoms with Crippen molar-refractivity contribution in [2.45, 2.75) is 19.1 Å². The molecule has 0 bridgehead atoms. The fourth-order valence-electron chi connectivity index (χ4n) is 2.08. The van der Waals surface area contributed by atoms with Crippen molar-refractivity contribution in [1.29, 1.82) is 0 Å². The van der Waals surface area contributed by atoms with Crippen molar-refractivity contribution in [2.24, 2.45) is 0 Å². The fourth-order valence-corrected chi connectivity index (χ4v) is 2.08. The van der Waals surface area contributed by atoms with E-state index in [1.807, 2.05) is 0 Å². The molecule has 2 fully saturated rings. The topological polar surface area (TPSA) is 18.5 Å². The van der Waals surface area contributed by atoms with Gasteiger partial charge in [0, 0.05) is 19.6 Å². The summed E-state index contributed by atoms with van der Waals surface area (Å²) in [5.74, 6) is 0. The van der Waals surface area contributed by atoms with Gasteiger partial charge < -0.3 is 0 Å². The monoisotopic (exact) mass is 155 g/mol. The van der Waals surface area contributed by atoms with Crippen LogP contribution in [0.5, 0.6) is 0 Å². The number of hydrogen-bond acceptors (Lipinski definition) is 3. The maximum Gasteiger partial charge on any atom is 0.116 e. The van der Waals surface area contributed by atoms with Crippen LogP contribution in [-0.4, -0.2) is 49.3 Å². The minimum absolute atomic E-state index is 0.539. The first-order valence-corrected chi connectivity index (χ1v) is 4.55. The highest BCUT2D eigenvalue weighted by Crippen LogP contribution is 2.13. The van der Waals surface area contributed by atoms with Crippen LogP contribution in [-0.2, 0) is 0 Å². The standard InChI is InChI=1S/C8H17N3/c1-10-5-3-7-11-6-2-4-9-8(10)11/h8-9H,2-7H2,1H3. The third-order valence-electron chi connectivity index (χ3n) is 2.67. The van der Waals surface area contributed by atoms with Gasteiger partial charge in [-0.1, -0.05) is 0 Å². The van der Waals surface area contributed by atoms with Gasteiger partial charge in [0.1, 0.15) is 6.29 Å². The smallest absolute Gasteiger partial charge is 0.116 e. The van der Waals surface area contributed by atoms with Crippen LogP contribution in [0.2, 0.25) is 0 Å². The largest absolute Gasteiger partial charge is 0.289 e. The minimum atomic E-state index is 0.539. The molecule has 1 unspecified atom stereocenters. The lowest BCUT2D eigenvalue weighted by Crippen LogP contribution is -2.62. The molecule has 3 heteroatoms. The molecule has 0 saturated carbocycles. The maximum absolute atomic E-state index is 3.52. The first kappa shape index (κ1) is 7.53. The number of rotatable bonds is 0. The molecule has 11 heavy (non-hydrogen) atoms. The van der Waals surface area contributed by atoms with Crippen molar-refractivity contribution in [3.63, 3.8) is 0 Å². The molecule has 1 N–H and O–H groups in total. The Kier molecular flexibility index (Phi) is 2.11. The van der Waals surface area contributed by atoms with Crippen molar-refractivity contribution >= 4 is 0 Å². The maximum atomic E-state index is 3.52. The van der Waals surface area contributed by atoms with Crippen LogP contribution in [0.25, 0.3) is 0 Å². The summed E-state index contributed by atoms with van der Waals surface area (Å²) in [6.07, 6.45) is 3.18. The van der Waals surface area contributed by atoms with E-state index in [4.69, 9.17) is 0 Å². The van der Waals surface area contributed by atoms with Crippen LogP contribution in [0.15, 0.2) is 0 Å². The van der Waals surface area contributed by atoms with Gasteiger partial charge in [-0.2, -0.15) is 0 Å². The van der Waals surface area contributed by atoms with Crippen molar-refractivity contribution < 1.29 is 0 Å². The van der Waals surface area contributed by atoms with E-state index in [1.54, 1.807) is 0 Å². The molecule has 0 aromatic heterocycles. The zero-order valence-electron chi connectivity index (χ0n) is 7.21. The van der Waals surface area contributed by atoms with Gasteiger partial charge in [-0.15, -0.1) is 0 Å². The third-order valence-corrected chi connectivity index (χ3v) is 2.67. The quantitative estimate of drug-likeness (QED) is 0.527. The molecule has 0 aliphatic carbocycles. The highest BCUT2D eigenvalue weighted by atomic mass is 15.5. The van der Waals surface area contributed by atoms with Gasteiger partial charge in [0.2, 0.25) is 0 Å². The molecule has 0 aromatic rings. The lowest BCUT2D eigenvalue weighted by Gasteiger charge is -2.45. The third kappa shape index (κ3) is 1.41. The van der Waals surface area contributed by atoms with Gasteiger partial charge >= 0.3 is 0 Å². The van der Waals surface area contributed by atoms with Crippen LogP contribution in [0.4, 0.5) is 0 Å². The zero-order valence-corrected chi connectivity index (χ0v) is 7.21. The summed E-state index contributed by atoms with van der Waals surface area (Å²) in [5.41, 5.74) is 0. The molecule has 2 saturated heterocycles. The highest BCUT2D eigenvalue weighted by Gasteiger charge is 2.27. The molecule has 0 spiro atoms. The van der Waals surface area contributed by atoms with Crippen LogP contribution < -0.4 is 5.32 Å². The lowest BCUT2D eigenvalue weighted by molar-refractivity contribution is -0.0193. The molecule has 0 aromatic carbocycles. The Morgan fingerprint density at radius 1 is 1.18 bits per heavy atom. The van der Waals surface area contributed by atoms with Crippen molar-refractivity contribution in [3.8, 4) is 0 Å². The number of nitrogens with one attached hydrogen (secondary N) is 1. The molecule has 3 nitrogen and oxygen atoms in total. The number of hydrogen-bond donors (Lipinski definition) is 1. The van der Waals surface area contributed by atoms with E-state index in [9.17, 15) is 0 Å². The van der Waals surface area contributed by atoms with Crippen LogP contribution in [0.1, 0.15) is 12.8 Å². The van der Waals surface area contributed by atoms with E-state index >= 15 is 0 Å². The molecular formula is C8H17N3. The summed E-state index contributed by atoms with van der Waals surface area (Å²) >= 11 is 0. The van der Waals surface area contributed by atoms with Crippen LogP contribution in [0.3, 0.4) is 0 Å². The molecule has 2 aliphatic rings. The summed E-state index contributed by atoms with van der Waals surface area (Å²) in [6, 6.07) is 0. The van der Waals surface area contributed by atoms with Crippen molar-refractivity contribution in [1.82, 2.24) is 15.1 Å². The highest BCUT2D eigenvalue weighted by molar-refractivity contribution is 4.78. The predicted molar refractivity (Wildman–Crippen MR) is 45.2 cm³/mol. The molecule has 0 radical (unpaired) electrons. The average Bonchev–Trinajstić information content (AvgIpc) is 2.06. The summed E-state index contributed by atoms with van der Waals surface area (Å²) in [7, 11) is 2.20. The summed E-state index contributed by atoms with van der Waals surface area (Å²) in [5, 5.41) is 3.52. The SMILES string of the molecule is CN1CCCN2CCCNC12. The summed E-state index contributed by atoms with van der Waals surface area (Å²) < 4.78 is 0. The van der Waals surface area contributed by atoms with E-state index in [0.717, 1.165) is 0 Å². The van der Waals surface area contributed by atoms with Gasteiger partial charge in [0.25, 0.3) is 0 Å². The normalized spacial score (nSPS) is 35.2. The molecule has 2 rings (SSSR count). The Bertz CT molecular complexity index is 135. The van der Waals surface area contributed by atoms with Gasteiger partial charge in [-0.05, 0) is 26.4 Å². The molecule has 0 amide bonds. The zero-order chi connectivity index (χ0) is 7.68. The summed E-state index contributed by atoms with van der Waals surface area (Å²) in [6.45, 7) is 4.99. The van der Waals surface area contributed by atoms with Crippen molar-refractivity contribution in [2.75, 3.05) is 33.2 Å². The summed E-state index contributed by atoms with van der Waals surface area (Å²) in [4.78, 5) is 4.94. The van der Waals surface area contributed by atoms with Gasteiger partial charge in [0.05, 0.1) is 0 Å². The van der Waals surface area contributed by atoms with E-state index in [-0.39, 0.29) is 0 Å². The minimum Gasteiger partial charge on any atom is -0.289 e. The lowest BCUT2D eigenvalue weighted by atomic mass is 10.2. The fraction of sp³-hybridized carbons (Fsp3) is 1.00. The van der Waals surface area contributed by atoms with E-state index in [1.165, 1.54) is 39.0 Å². The Labute approximate surface area is 68.4 Å². The van der Waals surface area contributed by atoms with Crippen LogP contribution in [0, 0.1) is 0 Å². The molecule has 2 heterocycles. The number of fused-ring (bicyclic) bond motifs is 1.